The molecule has 2 aromatic carbocycles. The van der Waals surface area contributed by atoms with Crippen LogP contribution in [0.15, 0.2) is 41.4 Å². The highest BCUT2D eigenvalue weighted by Gasteiger charge is 2.10. The van der Waals surface area contributed by atoms with E-state index in [0.717, 1.165) is 35.0 Å². The molecule has 5 heteroatoms. The molecule has 0 atom stereocenters. The summed E-state index contributed by atoms with van der Waals surface area (Å²) >= 11 is 1.48. The van der Waals surface area contributed by atoms with Crippen LogP contribution in [0, 0.1) is 20.8 Å². The molecule has 3 rings (SSSR count). The van der Waals surface area contributed by atoms with Gasteiger partial charge in [-0.3, -0.25) is 0 Å². The number of aliphatic imine (C=N–C) groups is 1. The van der Waals surface area contributed by atoms with Gasteiger partial charge in [0.1, 0.15) is 5.01 Å². The van der Waals surface area contributed by atoms with Gasteiger partial charge in [-0.1, -0.05) is 35.9 Å². The van der Waals surface area contributed by atoms with E-state index in [1.807, 2.05) is 13.4 Å². The molecule has 0 saturated carbocycles. The summed E-state index contributed by atoms with van der Waals surface area (Å²) in [6.07, 6.45) is 2.69. The second-order valence-electron chi connectivity index (χ2n) is 6.94. The zero-order valence-corrected chi connectivity index (χ0v) is 17.5. The Balaban J connectivity index is 1.79. The fraction of sp³-hybridized carbons (Fsp3) is 0.318. The Morgan fingerprint density at radius 3 is 2.52 bits per heavy atom. The number of benzene rings is 2. The summed E-state index contributed by atoms with van der Waals surface area (Å²) < 4.78 is 4.54. The zero-order valence-electron chi connectivity index (χ0n) is 16.7. The number of hydrogen-bond donors (Lipinski definition) is 0. The molecule has 1 heterocycles. The van der Waals surface area contributed by atoms with Crippen molar-refractivity contribution in [2.24, 2.45) is 4.99 Å². The number of aromatic nitrogens is 2. The Morgan fingerprint density at radius 1 is 1.07 bits per heavy atom. The van der Waals surface area contributed by atoms with Crippen LogP contribution in [0.1, 0.15) is 34.2 Å². The first kappa shape index (κ1) is 19.2. The molecular formula is C22H26N4S. The average molecular weight is 379 g/mol. The zero-order chi connectivity index (χ0) is 19.4. The van der Waals surface area contributed by atoms with Crippen molar-refractivity contribution in [2.45, 2.75) is 34.1 Å². The van der Waals surface area contributed by atoms with Crippen molar-refractivity contribution in [3.05, 3.63) is 63.7 Å². The Bertz CT molecular complexity index is 941. The van der Waals surface area contributed by atoms with Crippen molar-refractivity contribution in [1.29, 1.82) is 0 Å². The Kier molecular flexibility index (Phi) is 6.01. The fourth-order valence-electron chi connectivity index (χ4n) is 2.74. The van der Waals surface area contributed by atoms with Crippen LogP contribution in [0.4, 0.5) is 5.69 Å². The molecule has 0 aliphatic carbocycles. The van der Waals surface area contributed by atoms with E-state index in [4.69, 9.17) is 4.98 Å². The van der Waals surface area contributed by atoms with Gasteiger partial charge in [-0.05, 0) is 62.0 Å². The monoisotopic (exact) mass is 378 g/mol. The van der Waals surface area contributed by atoms with Gasteiger partial charge in [0, 0.05) is 25.6 Å². The first-order valence-electron chi connectivity index (χ1n) is 9.20. The van der Waals surface area contributed by atoms with E-state index >= 15 is 0 Å². The molecule has 0 unspecified atom stereocenters. The molecule has 27 heavy (non-hydrogen) atoms. The maximum Gasteiger partial charge on any atom is 0.173 e. The third kappa shape index (κ3) is 4.80. The van der Waals surface area contributed by atoms with Crippen molar-refractivity contribution in [1.82, 2.24) is 14.3 Å². The molecule has 0 amide bonds. The summed E-state index contributed by atoms with van der Waals surface area (Å²) in [7, 11) is 2.03. The van der Waals surface area contributed by atoms with E-state index in [9.17, 15) is 0 Å². The highest BCUT2D eigenvalue weighted by molar-refractivity contribution is 7.05. The van der Waals surface area contributed by atoms with Crippen LogP contribution in [-0.4, -0.2) is 34.2 Å². The topological polar surface area (TPSA) is 41.4 Å². The first-order chi connectivity index (χ1) is 13.0. The van der Waals surface area contributed by atoms with Gasteiger partial charge in [-0.15, -0.1) is 0 Å². The van der Waals surface area contributed by atoms with Crippen LogP contribution in [0.5, 0.6) is 0 Å². The standard InChI is InChI=1S/C22H26N4S/c1-6-26(5)14-23-20-12-16(3)19(11-17(20)4)13-21-24-22(25-27-21)18-9-7-15(2)8-10-18/h7-12,14H,6,13H2,1-5H3. The summed E-state index contributed by atoms with van der Waals surface area (Å²) in [5.41, 5.74) is 7.03. The Hall–Kier alpha value is -2.53. The first-order valence-corrected chi connectivity index (χ1v) is 9.97. The molecule has 4 nitrogen and oxygen atoms in total. The van der Waals surface area contributed by atoms with Gasteiger partial charge in [0.05, 0.1) is 12.0 Å². The minimum atomic E-state index is 0.801. The second kappa shape index (κ2) is 8.44. The largest absolute Gasteiger partial charge is 0.366 e. The fourth-order valence-corrected chi connectivity index (χ4v) is 3.43. The summed E-state index contributed by atoms with van der Waals surface area (Å²) in [5, 5.41) is 1.04. The van der Waals surface area contributed by atoms with E-state index in [1.165, 1.54) is 33.8 Å². The molecule has 140 valence electrons. The van der Waals surface area contributed by atoms with Crippen LogP contribution in [-0.2, 0) is 6.42 Å². The van der Waals surface area contributed by atoms with Gasteiger partial charge < -0.3 is 4.90 Å². The number of rotatable bonds is 6. The van der Waals surface area contributed by atoms with E-state index in [0.29, 0.717) is 0 Å². The maximum atomic E-state index is 4.74. The molecule has 0 saturated heterocycles. The summed E-state index contributed by atoms with van der Waals surface area (Å²) in [5.74, 6) is 0.813. The van der Waals surface area contributed by atoms with Crippen molar-refractivity contribution in [3.8, 4) is 11.4 Å². The Labute approximate surface area is 165 Å². The molecule has 0 fully saturated rings. The van der Waals surface area contributed by atoms with Crippen LogP contribution >= 0.6 is 11.5 Å². The van der Waals surface area contributed by atoms with Gasteiger partial charge in [0.15, 0.2) is 5.82 Å². The van der Waals surface area contributed by atoms with Gasteiger partial charge in [0.2, 0.25) is 0 Å². The number of aryl methyl sites for hydroxylation is 3. The molecule has 0 aliphatic heterocycles. The van der Waals surface area contributed by atoms with E-state index in [2.05, 4.69) is 78.4 Å². The predicted molar refractivity (Wildman–Crippen MR) is 115 cm³/mol. The van der Waals surface area contributed by atoms with Crippen LogP contribution in [0.25, 0.3) is 11.4 Å². The maximum absolute atomic E-state index is 4.74. The normalized spacial score (nSPS) is 11.3. The lowest BCUT2D eigenvalue weighted by molar-refractivity contribution is 0.552. The van der Waals surface area contributed by atoms with E-state index in [1.54, 1.807) is 0 Å². The molecule has 0 aliphatic rings. The van der Waals surface area contributed by atoms with Gasteiger partial charge in [-0.2, -0.15) is 4.37 Å². The number of nitrogens with zero attached hydrogens (tertiary/aromatic N) is 4. The average Bonchev–Trinajstić information content (AvgIpc) is 3.12. The molecule has 0 spiro atoms. The van der Waals surface area contributed by atoms with Crippen molar-refractivity contribution in [2.75, 3.05) is 13.6 Å². The molecule has 0 radical (unpaired) electrons. The lowest BCUT2D eigenvalue weighted by atomic mass is 10.0. The van der Waals surface area contributed by atoms with Crippen molar-refractivity contribution >= 4 is 23.6 Å². The molecule has 1 aromatic heterocycles. The predicted octanol–water partition coefficient (Wildman–Crippen LogP) is 5.33. The lowest BCUT2D eigenvalue weighted by Crippen LogP contribution is -2.14. The van der Waals surface area contributed by atoms with E-state index in [-0.39, 0.29) is 0 Å². The minimum absolute atomic E-state index is 0.801. The van der Waals surface area contributed by atoms with Crippen molar-refractivity contribution in [3.63, 3.8) is 0 Å². The third-order valence-corrected chi connectivity index (χ3v) is 5.38. The van der Waals surface area contributed by atoms with E-state index < -0.39 is 0 Å². The summed E-state index contributed by atoms with van der Waals surface area (Å²) in [4.78, 5) is 11.4. The quantitative estimate of drug-likeness (QED) is 0.430. The molecule has 3 aromatic rings. The highest BCUT2D eigenvalue weighted by atomic mass is 32.1. The molecular weight excluding hydrogens is 352 g/mol. The van der Waals surface area contributed by atoms with Gasteiger partial charge in [-0.25, -0.2) is 9.98 Å². The lowest BCUT2D eigenvalue weighted by Gasteiger charge is -2.11. The third-order valence-electron chi connectivity index (χ3n) is 4.67. The summed E-state index contributed by atoms with van der Waals surface area (Å²) in [6.45, 7) is 9.39. The molecule has 0 N–H and O–H groups in total. The van der Waals surface area contributed by atoms with Crippen molar-refractivity contribution < 1.29 is 0 Å². The minimum Gasteiger partial charge on any atom is -0.366 e. The van der Waals surface area contributed by atoms with Crippen LogP contribution in [0.2, 0.25) is 0 Å². The van der Waals surface area contributed by atoms with Crippen LogP contribution < -0.4 is 0 Å². The number of hydrogen-bond acceptors (Lipinski definition) is 4. The van der Waals surface area contributed by atoms with Crippen LogP contribution in [0.3, 0.4) is 0 Å². The SMILES string of the molecule is CCN(C)C=Nc1cc(C)c(Cc2nc(-c3ccc(C)cc3)ns2)cc1C. The second-order valence-corrected chi connectivity index (χ2v) is 7.77. The molecule has 0 bridgehead atoms. The highest BCUT2D eigenvalue weighted by Crippen LogP contribution is 2.26. The summed E-state index contributed by atoms with van der Waals surface area (Å²) in [6, 6.07) is 12.7. The van der Waals surface area contributed by atoms with Gasteiger partial charge >= 0.3 is 0 Å². The smallest absolute Gasteiger partial charge is 0.173 e. The van der Waals surface area contributed by atoms with Gasteiger partial charge in [0.25, 0.3) is 0 Å². The Morgan fingerprint density at radius 2 is 1.81 bits per heavy atom.